The molecule has 0 aromatic heterocycles. The summed E-state index contributed by atoms with van der Waals surface area (Å²) in [7, 11) is 0. The number of nitriles is 1. The third-order valence-corrected chi connectivity index (χ3v) is 2.84. The Morgan fingerprint density at radius 3 is 2.77 bits per heavy atom. The highest BCUT2D eigenvalue weighted by atomic mass is 16.8. The van der Waals surface area contributed by atoms with Crippen molar-refractivity contribution in [3.05, 3.63) is 0 Å². The third-order valence-electron chi connectivity index (χ3n) is 2.84. The molecule has 13 heavy (non-hydrogen) atoms. The Balaban J connectivity index is 2.32. The number of hydrogen-bond donors (Lipinski definition) is 0. The average molecular weight is 182 g/mol. The second-order valence-corrected chi connectivity index (χ2v) is 4.43. The minimum Gasteiger partial charge on any atom is -0.355 e. The summed E-state index contributed by atoms with van der Waals surface area (Å²) >= 11 is 0. The van der Waals surface area contributed by atoms with Crippen molar-refractivity contribution in [1.29, 1.82) is 5.26 Å². The summed E-state index contributed by atoms with van der Waals surface area (Å²) in [4.78, 5) is 5.48. The van der Waals surface area contributed by atoms with Crippen LogP contribution in [0.2, 0.25) is 0 Å². The van der Waals surface area contributed by atoms with Gasteiger partial charge in [-0.3, -0.25) is 4.84 Å². The number of fused-ring (bicyclic) bond motifs is 1. The van der Waals surface area contributed by atoms with Crippen LogP contribution in [-0.2, 0) is 9.57 Å². The molecule has 0 aromatic carbocycles. The van der Waals surface area contributed by atoms with E-state index in [0.717, 1.165) is 0 Å². The van der Waals surface area contributed by atoms with Crippen molar-refractivity contribution in [2.45, 2.75) is 32.0 Å². The lowest BCUT2D eigenvalue weighted by Gasteiger charge is -2.31. The Kier molecular flexibility index (Phi) is 1.68. The molecule has 0 amide bonds. The van der Waals surface area contributed by atoms with E-state index in [1.807, 2.05) is 12.0 Å². The van der Waals surface area contributed by atoms with Crippen LogP contribution in [0.3, 0.4) is 0 Å². The van der Waals surface area contributed by atoms with Crippen molar-refractivity contribution >= 4 is 0 Å². The van der Waals surface area contributed by atoms with Gasteiger partial charge in [-0.25, -0.2) is 0 Å². The Morgan fingerprint density at radius 1 is 1.46 bits per heavy atom. The minimum atomic E-state index is -0.543. The maximum absolute atomic E-state index is 8.91. The van der Waals surface area contributed by atoms with E-state index < -0.39 is 5.72 Å². The number of rotatable bonds is 0. The van der Waals surface area contributed by atoms with E-state index in [0.29, 0.717) is 13.2 Å². The van der Waals surface area contributed by atoms with Gasteiger partial charge < -0.3 is 4.74 Å². The lowest BCUT2D eigenvalue weighted by atomic mass is 9.99. The maximum Gasteiger partial charge on any atom is 0.159 e. The first-order chi connectivity index (χ1) is 6.00. The van der Waals surface area contributed by atoms with Gasteiger partial charge in [0, 0.05) is 0 Å². The molecule has 72 valence electrons. The molecule has 0 unspecified atom stereocenters. The van der Waals surface area contributed by atoms with E-state index in [9.17, 15) is 0 Å². The summed E-state index contributed by atoms with van der Waals surface area (Å²) < 4.78 is 5.66. The van der Waals surface area contributed by atoms with Gasteiger partial charge >= 0.3 is 0 Å². The molecule has 2 aliphatic rings. The van der Waals surface area contributed by atoms with Gasteiger partial charge in [0.2, 0.25) is 0 Å². The molecule has 0 N–H and O–H groups in total. The second-order valence-electron chi connectivity index (χ2n) is 4.43. The standard InChI is InChI=1S/C9H14N2O2/c1-8(2)6-12-9(3)7(4-10)5-13-11(8)9/h7H,5-6H2,1-3H3/t7-,9-/m1/s1. The maximum atomic E-state index is 8.91. The van der Waals surface area contributed by atoms with E-state index in [2.05, 4.69) is 19.9 Å². The molecule has 2 fully saturated rings. The molecule has 0 aromatic rings. The molecule has 0 aliphatic carbocycles. The molecule has 4 nitrogen and oxygen atoms in total. The van der Waals surface area contributed by atoms with Crippen molar-refractivity contribution in [2.24, 2.45) is 5.92 Å². The molecule has 0 spiro atoms. The van der Waals surface area contributed by atoms with Crippen LogP contribution in [0.5, 0.6) is 0 Å². The smallest absolute Gasteiger partial charge is 0.159 e. The Morgan fingerprint density at radius 2 is 2.15 bits per heavy atom. The van der Waals surface area contributed by atoms with Crippen LogP contribution in [0, 0.1) is 17.2 Å². The van der Waals surface area contributed by atoms with E-state index in [-0.39, 0.29) is 11.5 Å². The molecule has 2 atom stereocenters. The van der Waals surface area contributed by atoms with Gasteiger partial charge in [0.05, 0.1) is 24.8 Å². The SMILES string of the molecule is CC1(C)CO[C@]2(C)[C@H](C#N)CON12. The fraction of sp³-hybridized carbons (Fsp3) is 0.889. The highest BCUT2D eigenvalue weighted by Gasteiger charge is 2.58. The summed E-state index contributed by atoms with van der Waals surface area (Å²) in [5.41, 5.74) is -0.668. The zero-order valence-corrected chi connectivity index (χ0v) is 8.20. The van der Waals surface area contributed by atoms with Gasteiger partial charge in [0.15, 0.2) is 5.72 Å². The molecule has 2 rings (SSSR count). The minimum absolute atomic E-state index is 0.125. The van der Waals surface area contributed by atoms with Crippen LogP contribution in [-0.4, -0.2) is 29.5 Å². The number of nitrogens with zero attached hydrogens (tertiary/aromatic N) is 2. The molecule has 4 heteroatoms. The van der Waals surface area contributed by atoms with E-state index in [4.69, 9.17) is 14.8 Å². The molecule has 0 saturated carbocycles. The zero-order chi connectivity index (χ0) is 9.69. The molecule has 0 bridgehead atoms. The number of hydrogen-bond acceptors (Lipinski definition) is 4. The van der Waals surface area contributed by atoms with Gasteiger partial charge in [0.25, 0.3) is 0 Å². The zero-order valence-electron chi connectivity index (χ0n) is 8.20. The summed E-state index contributed by atoms with van der Waals surface area (Å²) in [6.07, 6.45) is 0. The van der Waals surface area contributed by atoms with Crippen molar-refractivity contribution in [3.63, 3.8) is 0 Å². The highest BCUT2D eigenvalue weighted by Crippen LogP contribution is 2.44. The summed E-state index contributed by atoms with van der Waals surface area (Å²) in [6, 6.07) is 2.22. The van der Waals surface area contributed by atoms with E-state index in [1.165, 1.54) is 0 Å². The third kappa shape index (κ3) is 1.01. The van der Waals surface area contributed by atoms with Gasteiger partial charge in [0.1, 0.15) is 5.92 Å². The Labute approximate surface area is 78.0 Å². The van der Waals surface area contributed by atoms with Crippen molar-refractivity contribution in [2.75, 3.05) is 13.2 Å². The quantitative estimate of drug-likeness (QED) is 0.558. The summed E-state index contributed by atoms with van der Waals surface area (Å²) in [5, 5.41) is 10.7. The predicted octanol–water partition coefficient (Wildman–Crippen LogP) is 0.898. The van der Waals surface area contributed by atoms with Gasteiger partial charge in [-0.2, -0.15) is 5.26 Å². The first-order valence-electron chi connectivity index (χ1n) is 4.47. The van der Waals surface area contributed by atoms with Crippen LogP contribution in [0.4, 0.5) is 0 Å². The van der Waals surface area contributed by atoms with E-state index in [1.54, 1.807) is 0 Å². The highest BCUT2D eigenvalue weighted by molar-refractivity contribution is 5.05. The summed E-state index contributed by atoms with van der Waals surface area (Å²) in [6.45, 7) is 7.08. The topological polar surface area (TPSA) is 45.5 Å². The molecule has 2 heterocycles. The van der Waals surface area contributed by atoms with Gasteiger partial charge in [-0.15, -0.1) is 5.06 Å². The molecule has 2 saturated heterocycles. The Hall–Kier alpha value is -0.630. The lowest BCUT2D eigenvalue weighted by molar-refractivity contribution is -0.221. The van der Waals surface area contributed by atoms with E-state index >= 15 is 0 Å². The fourth-order valence-electron chi connectivity index (χ4n) is 2.05. The van der Waals surface area contributed by atoms with Crippen molar-refractivity contribution in [1.82, 2.24) is 5.06 Å². The molecule has 0 radical (unpaired) electrons. The van der Waals surface area contributed by atoms with Crippen LogP contribution in [0.1, 0.15) is 20.8 Å². The second kappa shape index (κ2) is 2.44. The number of hydroxylamine groups is 2. The monoisotopic (exact) mass is 182 g/mol. The molecule has 2 aliphatic heterocycles. The largest absolute Gasteiger partial charge is 0.355 e. The van der Waals surface area contributed by atoms with Crippen LogP contribution in [0.15, 0.2) is 0 Å². The first kappa shape index (κ1) is 8.95. The van der Waals surface area contributed by atoms with Crippen molar-refractivity contribution < 1.29 is 9.57 Å². The molecular weight excluding hydrogens is 168 g/mol. The summed E-state index contributed by atoms with van der Waals surface area (Å²) in [5.74, 6) is -0.186. The normalized spacial score (nSPS) is 43.1. The average Bonchev–Trinajstić information content (AvgIpc) is 2.49. The van der Waals surface area contributed by atoms with Crippen LogP contribution in [0.25, 0.3) is 0 Å². The fourth-order valence-corrected chi connectivity index (χ4v) is 2.05. The Bertz CT molecular complexity index is 271. The lowest BCUT2D eigenvalue weighted by Crippen LogP contribution is -2.47. The number of ether oxygens (including phenoxy) is 1. The van der Waals surface area contributed by atoms with Crippen LogP contribution >= 0.6 is 0 Å². The van der Waals surface area contributed by atoms with Gasteiger partial charge in [-0.1, -0.05) is 0 Å². The van der Waals surface area contributed by atoms with Gasteiger partial charge in [-0.05, 0) is 20.8 Å². The molecular formula is C9H14N2O2. The van der Waals surface area contributed by atoms with Crippen molar-refractivity contribution in [3.8, 4) is 6.07 Å². The van der Waals surface area contributed by atoms with Crippen LogP contribution < -0.4 is 0 Å². The first-order valence-corrected chi connectivity index (χ1v) is 4.47. The predicted molar refractivity (Wildman–Crippen MR) is 45.3 cm³/mol.